The Balaban J connectivity index is 1.69. The van der Waals surface area contributed by atoms with Crippen molar-refractivity contribution in [2.24, 2.45) is 27.6 Å². The summed E-state index contributed by atoms with van der Waals surface area (Å²) in [7, 11) is 0. The van der Waals surface area contributed by atoms with Gasteiger partial charge in [0.25, 0.3) is 0 Å². The largest absolute Gasteiger partial charge is 0.459 e. The van der Waals surface area contributed by atoms with Crippen molar-refractivity contribution in [3.05, 3.63) is 0 Å². The van der Waals surface area contributed by atoms with Crippen molar-refractivity contribution in [2.75, 3.05) is 0 Å². The Kier molecular flexibility index (Phi) is 13.1. The molecule has 4 saturated carbocycles. The van der Waals surface area contributed by atoms with E-state index >= 15 is 0 Å². The molecule has 4 aliphatic carbocycles. The third kappa shape index (κ3) is 8.73. The minimum absolute atomic E-state index is 0.125. The Morgan fingerprint density at radius 2 is 0.963 bits per heavy atom. The quantitative estimate of drug-likeness (QED) is 0.0512. The molecule has 0 amide bonds. The van der Waals surface area contributed by atoms with Crippen molar-refractivity contribution in [1.29, 1.82) is 0 Å². The molecule has 9 nitrogen and oxygen atoms in total. The number of aliphatic hydroxyl groups is 3. The van der Waals surface area contributed by atoms with Crippen molar-refractivity contribution in [3.63, 3.8) is 0 Å². The summed E-state index contributed by atoms with van der Waals surface area (Å²) in [4.78, 5) is 40.1. The molecule has 0 aliphatic heterocycles. The number of esters is 2. The van der Waals surface area contributed by atoms with Crippen molar-refractivity contribution < 1.29 is 44.2 Å². The van der Waals surface area contributed by atoms with Crippen LogP contribution < -0.4 is 0 Å². The highest BCUT2D eigenvalue weighted by molar-refractivity contribution is 14.1. The molecule has 54 heavy (non-hydrogen) atoms. The van der Waals surface area contributed by atoms with Gasteiger partial charge < -0.3 is 24.8 Å². The average molecular weight is 989 g/mol. The first-order valence-electron chi connectivity index (χ1n) is 20.5. The molecule has 3 N–H and O–H groups in total. The van der Waals surface area contributed by atoms with Crippen LogP contribution in [0.25, 0.3) is 0 Å². The zero-order valence-corrected chi connectivity index (χ0v) is 40.3. The van der Waals surface area contributed by atoms with Crippen molar-refractivity contribution in [2.45, 2.75) is 227 Å². The predicted octanol–water partition coefficient (Wildman–Crippen LogP) is 9.74. The van der Waals surface area contributed by atoms with E-state index in [1.807, 2.05) is 83.1 Å². The van der Waals surface area contributed by atoms with Gasteiger partial charge in [0.2, 0.25) is 0 Å². The van der Waals surface area contributed by atoms with E-state index in [2.05, 4.69) is 59.0 Å². The third-order valence-electron chi connectivity index (χ3n) is 15.3. The number of carbonyl (C=O) groups excluding carboxylic acids is 2. The summed E-state index contributed by atoms with van der Waals surface area (Å²) in [5, 5.41) is 35.9. The van der Waals surface area contributed by atoms with Crippen LogP contribution in [0.2, 0.25) is 0 Å². The van der Waals surface area contributed by atoms with Gasteiger partial charge in [-0.25, -0.2) is 9.78 Å². The first-order chi connectivity index (χ1) is 24.2. The molecule has 0 aromatic carbocycles. The molecule has 11 heteroatoms. The predicted molar refractivity (Wildman–Crippen MR) is 228 cm³/mol. The molecular weight excluding hydrogens is 914 g/mol. The van der Waals surface area contributed by atoms with E-state index in [0.717, 1.165) is 25.7 Å². The summed E-state index contributed by atoms with van der Waals surface area (Å²) in [6.07, 6.45) is 8.54. The molecule has 6 unspecified atom stereocenters. The second-order valence-electron chi connectivity index (χ2n) is 21.6. The van der Waals surface area contributed by atoms with Gasteiger partial charge in [-0.2, -0.15) is 0 Å². The van der Waals surface area contributed by atoms with Crippen LogP contribution in [0.5, 0.6) is 0 Å². The van der Waals surface area contributed by atoms with Crippen LogP contribution >= 0.6 is 45.2 Å². The number of fused-ring (bicyclic) bond motifs is 4. The van der Waals surface area contributed by atoms with E-state index < -0.39 is 60.9 Å². The lowest BCUT2D eigenvalue weighted by molar-refractivity contribution is -0.441. The summed E-state index contributed by atoms with van der Waals surface area (Å²) >= 11 is 4.30. The smallest absolute Gasteiger partial charge is 0.319 e. The lowest BCUT2D eigenvalue weighted by Crippen LogP contribution is -2.67. The molecule has 0 saturated heterocycles. The van der Waals surface area contributed by atoms with Crippen molar-refractivity contribution in [3.8, 4) is 0 Å². The minimum Gasteiger partial charge on any atom is -0.459 e. The summed E-state index contributed by atoms with van der Waals surface area (Å²) in [6, 6.07) is 0. The van der Waals surface area contributed by atoms with E-state index in [9.17, 15) is 24.9 Å². The molecular formula is C43H74I2O9. The lowest BCUT2D eigenvalue weighted by Gasteiger charge is -2.67. The highest BCUT2D eigenvalue weighted by Crippen LogP contribution is 2.70. The molecule has 0 aromatic heterocycles. The van der Waals surface area contributed by atoms with E-state index in [-0.39, 0.29) is 25.7 Å². The molecule has 7 atom stereocenters. The third-order valence-corrected chi connectivity index (χ3v) is 18.1. The van der Waals surface area contributed by atoms with Crippen LogP contribution in [0, 0.1) is 27.6 Å². The zero-order valence-electron chi connectivity index (χ0n) is 36.0. The topological polar surface area (TPSA) is 132 Å². The molecule has 314 valence electrons. The van der Waals surface area contributed by atoms with Gasteiger partial charge in [0.1, 0.15) is 30.3 Å². The molecule has 4 fully saturated rings. The van der Waals surface area contributed by atoms with E-state index in [1.54, 1.807) is 0 Å². The van der Waals surface area contributed by atoms with Gasteiger partial charge in [-0.15, -0.1) is 0 Å². The van der Waals surface area contributed by atoms with Gasteiger partial charge in [0.05, 0.1) is 16.8 Å². The Bertz CT molecular complexity index is 1360. The Hall–Kier alpha value is 0.200. The number of carbonyl (C=O) groups is 2. The maximum Gasteiger partial charge on any atom is 0.319 e. The van der Waals surface area contributed by atoms with Gasteiger partial charge in [0, 0.05) is 21.7 Å². The SMILES string of the molecule is CCC(I)C(=O)OC1(C)CC2(C(C)(C)O)CC(C(C)(C)OOC(C)(C)C34CCCC(C(C)(C)O)(C3)C[C@](C)(OC(=O)C(I)CC)C4)CC(C(C)(C)O)(C1)C2. The first kappa shape index (κ1) is 46.9. The fourth-order valence-corrected chi connectivity index (χ4v) is 12.0. The number of rotatable bonds is 14. The number of alkyl halides is 2. The Morgan fingerprint density at radius 3 is 1.35 bits per heavy atom. The summed E-state index contributed by atoms with van der Waals surface area (Å²) in [6.45, 7) is 27.4. The average Bonchev–Trinajstić information content (AvgIpc) is 3.00. The van der Waals surface area contributed by atoms with E-state index in [4.69, 9.17) is 19.2 Å². The van der Waals surface area contributed by atoms with E-state index in [1.165, 1.54) is 0 Å². The van der Waals surface area contributed by atoms with Crippen LogP contribution in [0.1, 0.15) is 180 Å². The highest BCUT2D eigenvalue weighted by Gasteiger charge is 2.69. The molecule has 4 bridgehead atoms. The van der Waals surface area contributed by atoms with Gasteiger partial charge in [0.15, 0.2) is 0 Å². The molecule has 4 rings (SSSR count). The maximum absolute atomic E-state index is 13.3. The summed E-state index contributed by atoms with van der Waals surface area (Å²) < 4.78 is 12.2. The second kappa shape index (κ2) is 15.0. The van der Waals surface area contributed by atoms with Gasteiger partial charge >= 0.3 is 11.9 Å². The normalized spacial score (nSPS) is 37.6. The monoisotopic (exact) mass is 988 g/mol. The fraction of sp³-hybridized carbons (Fsp3) is 0.953. The standard InChI is InChI=1S/C43H74I2O9/c1-15-29(44)31(46)51-38(13)22-40(34(5,6)48)18-17-19-41(23-38,26-40)37(11,12)54-53-33(3,4)28-20-42(35(7,8)49)24-39(14,52-32(47)30(45)16-2)25-43(21-28,27-42)36(9,10)50/h28-30,48-50H,15-27H2,1-14H3/t28?,29?,30?,38-,39?,40?,41?,42?,43?/m0/s1. The van der Waals surface area contributed by atoms with Crippen molar-refractivity contribution in [1.82, 2.24) is 0 Å². The second-order valence-corrected chi connectivity index (χ2v) is 24.6. The van der Waals surface area contributed by atoms with Crippen LogP contribution in [0.15, 0.2) is 0 Å². The Labute approximate surface area is 354 Å². The molecule has 0 radical (unpaired) electrons. The molecule has 4 aliphatic rings. The van der Waals surface area contributed by atoms with Crippen LogP contribution in [-0.4, -0.2) is 74.3 Å². The van der Waals surface area contributed by atoms with Crippen LogP contribution in [-0.2, 0) is 28.8 Å². The number of halogens is 2. The molecule has 0 aromatic rings. The summed E-state index contributed by atoms with van der Waals surface area (Å²) in [5.74, 6) is -0.594. The number of ether oxygens (including phenoxy) is 2. The van der Waals surface area contributed by atoms with Gasteiger partial charge in [-0.1, -0.05) is 65.5 Å². The van der Waals surface area contributed by atoms with Gasteiger partial charge in [-0.3, -0.25) is 9.59 Å². The maximum atomic E-state index is 13.3. The first-order valence-corrected chi connectivity index (χ1v) is 23.0. The minimum atomic E-state index is -1.15. The van der Waals surface area contributed by atoms with Crippen LogP contribution in [0.3, 0.4) is 0 Å². The van der Waals surface area contributed by atoms with Gasteiger partial charge in [-0.05, 0) is 166 Å². The van der Waals surface area contributed by atoms with Crippen LogP contribution in [0.4, 0.5) is 0 Å². The fourth-order valence-electron chi connectivity index (χ4n) is 11.7. The lowest BCUT2D eigenvalue weighted by atomic mass is 9.41. The number of hydrogen-bond acceptors (Lipinski definition) is 9. The molecule has 0 heterocycles. The zero-order chi connectivity index (χ0) is 41.4. The highest BCUT2D eigenvalue weighted by atomic mass is 127. The Morgan fingerprint density at radius 1 is 0.611 bits per heavy atom. The number of hydrogen-bond donors (Lipinski definition) is 3. The van der Waals surface area contributed by atoms with Crippen molar-refractivity contribution >= 4 is 57.1 Å². The molecule has 0 spiro atoms. The summed E-state index contributed by atoms with van der Waals surface area (Å²) in [5.41, 5.74) is -8.99. The van der Waals surface area contributed by atoms with E-state index in [0.29, 0.717) is 57.8 Å².